The van der Waals surface area contributed by atoms with E-state index in [1.807, 2.05) is 0 Å². The maximum atomic E-state index is 6.19. The van der Waals surface area contributed by atoms with Crippen LogP contribution >= 0.6 is 0 Å². The summed E-state index contributed by atoms with van der Waals surface area (Å²) in [4.78, 5) is 7.77. The van der Waals surface area contributed by atoms with Crippen LogP contribution in [0.5, 0.6) is 0 Å². The van der Waals surface area contributed by atoms with Gasteiger partial charge in [-0.2, -0.15) is 0 Å². The lowest BCUT2D eigenvalue weighted by Crippen LogP contribution is -2.65. The average Bonchev–Trinajstić information content (AvgIpc) is 2.43. The monoisotopic (exact) mass is 268 g/mol. The molecule has 0 aromatic heterocycles. The summed E-state index contributed by atoms with van der Waals surface area (Å²) in [5.74, 6) is 0. The van der Waals surface area contributed by atoms with Gasteiger partial charge in [0, 0.05) is 37.8 Å². The minimum Gasteiger partial charge on any atom is -0.329 e. The molecule has 0 aliphatic carbocycles. The molecule has 2 saturated heterocycles. The third-order valence-electron chi connectivity index (χ3n) is 5.34. The van der Waals surface area contributed by atoms with Gasteiger partial charge in [-0.1, -0.05) is 6.92 Å². The SMILES string of the molecule is CCCN1CCC(CN)(N2CCN(C)C(C)C2)CC1. The van der Waals surface area contributed by atoms with E-state index in [4.69, 9.17) is 5.73 Å². The standard InChI is InChI=1S/C15H32N4/c1-4-7-18-8-5-15(13-16,6-9-18)19-11-10-17(3)14(2)12-19/h14H,4-13,16H2,1-3H3. The lowest BCUT2D eigenvalue weighted by Gasteiger charge is -2.52. The van der Waals surface area contributed by atoms with E-state index in [0.29, 0.717) is 6.04 Å². The third kappa shape index (κ3) is 3.30. The Morgan fingerprint density at radius 1 is 1.16 bits per heavy atom. The second-order valence-corrected chi connectivity index (χ2v) is 6.55. The smallest absolute Gasteiger partial charge is 0.0357 e. The van der Waals surface area contributed by atoms with Crippen LogP contribution in [0.4, 0.5) is 0 Å². The second-order valence-electron chi connectivity index (χ2n) is 6.55. The summed E-state index contributed by atoms with van der Waals surface area (Å²) in [6.45, 7) is 12.7. The highest BCUT2D eigenvalue weighted by Gasteiger charge is 2.40. The Bertz CT molecular complexity index is 273. The van der Waals surface area contributed by atoms with E-state index < -0.39 is 0 Å². The highest BCUT2D eigenvalue weighted by Crippen LogP contribution is 2.30. The summed E-state index contributed by atoms with van der Waals surface area (Å²) >= 11 is 0. The topological polar surface area (TPSA) is 35.7 Å². The van der Waals surface area contributed by atoms with E-state index in [0.717, 1.165) is 6.54 Å². The minimum absolute atomic E-state index is 0.278. The first kappa shape index (κ1) is 15.2. The fourth-order valence-corrected chi connectivity index (χ4v) is 3.64. The first-order valence-corrected chi connectivity index (χ1v) is 7.99. The third-order valence-corrected chi connectivity index (χ3v) is 5.34. The van der Waals surface area contributed by atoms with Crippen molar-refractivity contribution in [2.75, 3.05) is 52.9 Å². The maximum absolute atomic E-state index is 6.19. The molecule has 0 aromatic carbocycles. The molecule has 19 heavy (non-hydrogen) atoms. The molecular weight excluding hydrogens is 236 g/mol. The molecule has 0 bridgehead atoms. The summed E-state index contributed by atoms with van der Waals surface area (Å²) in [5.41, 5.74) is 6.47. The second kappa shape index (κ2) is 6.53. The Hall–Kier alpha value is -0.160. The Labute approximate surface area is 118 Å². The van der Waals surface area contributed by atoms with E-state index in [1.165, 1.54) is 58.5 Å². The molecule has 2 heterocycles. The average molecular weight is 268 g/mol. The number of nitrogens with zero attached hydrogens (tertiary/aromatic N) is 3. The summed E-state index contributed by atoms with van der Waals surface area (Å²) in [6, 6.07) is 0.658. The minimum atomic E-state index is 0.278. The van der Waals surface area contributed by atoms with Crippen molar-refractivity contribution in [2.45, 2.75) is 44.7 Å². The number of rotatable bonds is 4. The molecule has 0 radical (unpaired) electrons. The number of piperidine rings is 1. The van der Waals surface area contributed by atoms with Crippen molar-refractivity contribution in [1.29, 1.82) is 0 Å². The molecule has 2 aliphatic rings. The van der Waals surface area contributed by atoms with Crippen molar-refractivity contribution in [3.05, 3.63) is 0 Å². The van der Waals surface area contributed by atoms with Gasteiger partial charge in [0.2, 0.25) is 0 Å². The van der Waals surface area contributed by atoms with Gasteiger partial charge in [0.15, 0.2) is 0 Å². The van der Waals surface area contributed by atoms with Gasteiger partial charge in [0.25, 0.3) is 0 Å². The highest BCUT2D eigenvalue weighted by atomic mass is 15.3. The lowest BCUT2D eigenvalue weighted by molar-refractivity contribution is -0.0179. The van der Waals surface area contributed by atoms with E-state index in [1.54, 1.807) is 0 Å². The van der Waals surface area contributed by atoms with Crippen LogP contribution < -0.4 is 5.73 Å². The molecule has 0 spiro atoms. The van der Waals surface area contributed by atoms with E-state index in [-0.39, 0.29) is 5.54 Å². The molecule has 4 heteroatoms. The van der Waals surface area contributed by atoms with Crippen molar-refractivity contribution >= 4 is 0 Å². The van der Waals surface area contributed by atoms with Crippen molar-refractivity contribution in [3.63, 3.8) is 0 Å². The fourth-order valence-electron chi connectivity index (χ4n) is 3.64. The van der Waals surface area contributed by atoms with E-state index >= 15 is 0 Å². The molecule has 0 saturated carbocycles. The maximum Gasteiger partial charge on any atom is 0.0357 e. The van der Waals surface area contributed by atoms with Gasteiger partial charge < -0.3 is 15.5 Å². The van der Waals surface area contributed by atoms with Crippen LogP contribution in [0.25, 0.3) is 0 Å². The molecule has 2 N–H and O–H groups in total. The van der Waals surface area contributed by atoms with Gasteiger partial charge in [0.1, 0.15) is 0 Å². The van der Waals surface area contributed by atoms with Crippen LogP contribution in [0.3, 0.4) is 0 Å². The molecule has 0 aromatic rings. The van der Waals surface area contributed by atoms with Gasteiger partial charge in [0.05, 0.1) is 0 Å². The van der Waals surface area contributed by atoms with E-state index in [9.17, 15) is 0 Å². The summed E-state index contributed by atoms with van der Waals surface area (Å²) in [5, 5.41) is 0. The van der Waals surface area contributed by atoms with Crippen molar-refractivity contribution in [1.82, 2.24) is 14.7 Å². The number of hydrogen-bond acceptors (Lipinski definition) is 4. The van der Waals surface area contributed by atoms with Crippen molar-refractivity contribution in [3.8, 4) is 0 Å². The fraction of sp³-hybridized carbons (Fsp3) is 1.00. The summed E-state index contributed by atoms with van der Waals surface area (Å²) in [6.07, 6.45) is 3.76. The van der Waals surface area contributed by atoms with Crippen LogP contribution in [0.2, 0.25) is 0 Å². The van der Waals surface area contributed by atoms with Gasteiger partial charge in [-0.15, -0.1) is 0 Å². The zero-order chi connectivity index (χ0) is 13.9. The molecule has 112 valence electrons. The first-order chi connectivity index (χ1) is 9.11. The summed E-state index contributed by atoms with van der Waals surface area (Å²) < 4.78 is 0. The molecule has 1 atom stereocenters. The van der Waals surface area contributed by atoms with Crippen LogP contribution in [0, 0.1) is 0 Å². The number of likely N-dealkylation sites (tertiary alicyclic amines) is 1. The Balaban J connectivity index is 1.96. The van der Waals surface area contributed by atoms with Crippen molar-refractivity contribution in [2.24, 2.45) is 5.73 Å². The van der Waals surface area contributed by atoms with Crippen LogP contribution in [-0.4, -0.2) is 79.1 Å². The van der Waals surface area contributed by atoms with Gasteiger partial charge in [-0.25, -0.2) is 0 Å². The predicted octanol–water partition coefficient (Wildman–Crippen LogP) is 0.826. The van der Waals surface area contributed by atoms with Crippen molar-refractivity contribution < 1.29 is 0 Å². The normalized spacial score (nSPS) is 30.6. The number of piperazine rings is 1. The summed E-state index contributed by atoms with van der Waals surface area (Å²) in [7, 11) is 2.24. The molecular formula is C15H32N4. The molecule has 2 fully saturated rings. The highest BCUT2D eigenvalue weighted by molar-refractivity contribution is 4.98. The molecule has 2 rings (SSSR count). The number of likely N-dealkylation sites (N-methyl/N-ethyl adjacent to an activating group) is 1. The van der Waals surface area contributed by atoms with Crippen LogP contribution in [0.15, 0.2) is 0 Å². The Morgan fingerprint density at radius 2 is 1.84 bits per heavy atom. The van der Waals surface area contributed by atoms with Crippen LogP contribution in [0.1, 0.15) is 33.1 Å². The molecule has 0 amide bonds. The van der Waals surface area contributed by atoms with Gasteiger partial charge in [-0.3, -0.25) is 4.90 Å². The van der Waals surface area contributed by atoms with Gasteiger partial charge >= 0.3 is 0 Å². The lowest BCUT2D eigenvalue weighted by atomic mass is 9.84. The quantitative estimate of drug-likeness (QED) is 0.819. The van der Waals surface area contributed by atoms with Crippen LogP contribution in [-0.2, 0) is 0 Å². The number of nitrogens with two attached hydrogens (primary N) is 1. The number of hydrogen-bond donors (Lipinski definition) is 1. The zero-order valence-electron chi connectivity index (χ0n) is 13.1. The molecule has 2 aliphatic heterocycles. The Morgan fingerprint density at radius 3 is 2.37 bits per heavy atom. The largest absolute Gasteiger partial charge is 0.329 e. The predicted molar refractivity (Wildman–Crippen MR) is 81.4 cm³/mol. The molecule has 1 unspecified atom stereocenters. The molecule has 4 nitrogen and oxygen atoms in total. The zero-order valence-corrected chi connectivity index (χ0v) is 13.1. The Kier molecular flexibility index (Phi) is 5.23. The first-order valence-electron chi connectivity index (χ1n) is 7.99. The van der Waals surface area contributed by atoms with Gasteiger partial charge in [-0.05, 0) is 52.9 Å². The van der Waals surface area contributed by atoms with E-state index in [2.05, 4.69) is 35.6 Å².